The van der Waals surface area contributed by atoms with Gasteiger partial charge in [-0.15, -0.1) is 0 Å². The van der Waals surface area contributed by atoms with Crippen LogP contribution in [0.4, 0.5) is 0 Å². The van der Waals surface area contributed by atoms with Crippen molar-refractivity contribution in [2.45, 2.75) is 64.5 Å². The van der Waals surface area contributed by atoms with Crippen LogP contribution in [0.5, 0.6) is 0 Å². The topological polar surface area (TPSA) is 57.6 Å². The second-order valence-electron chi connectivity index (χ2n) is 5.97. The minimum absolute atomic E-state index is 0.0668. The molecule has 18 heavy (non-hydrogen) atoms. The van der Waals surface area contributed by atoms with Crippen LogP contribution in [0.15, 0.2) is 0 Å². The summed E-state index contributed by atoms with van der Waals surface area (Å²) in [4.78, 5) is 25.6. The van der Waals surface area contributed by atoms with E-state index in [1.54, 1.807) is 0 Å². The Kier molecular flexibility index (Phi) is 3.93. The number of hydrogen-bond donors (Lipinski definition) is 1. The fourth-order valence-electron chi connectivity index (χ4n) is 3.06. The molecule has 4 heteroatoms. The summed E-state index contributed by atoms with van der Waals surface area (Å²) < 4.78 is 0. The summed E-state index contributed by atoms with van der Waals surface area (Å²) in [7, 11) is 0. The van der Waals surface area contributed by atoms with E-state index in [0.29, 0.717) is 12.5 Å². The highest BCUT2D eigenvalue weighted by Gasteiger charge is 2.39. The van der Waals surface area contributed by atoms with E-state index in [0.717, 1.165) is 32.1 Å². The van der Waals surface area contributed by atoms with E-state index >= 15 is 0 Å². The minimum Gasteiger partial charge on any atom is -0.481 e. The fourth-order valence-corrected chi connectivity index (χ4v) is 3.06. The molecule has 0 bridgehead atoms. The highest BCUT2D eigenvalue weighted by atomic mass is 16.4. The Bertz CT molecular complexity index is 334. The van der Waals surface area contributed by atoms with Crippen molar-refractivity contribution in [2.24, 2.45) is 11.8 Å². The Morgan fingerprint density at radius 2 is 1.72 bits per heavy atom. The van der Waals surface area contributed by atoms with Crippen LogP contribution in [0.25, 0.3) is 0 Å². The number of carboxylic acid groups (broad SMARTS) is 1. The first-order valence-corrected chi connectivity index (χ1v) is 7.05. The molecule has 0 heterocycles. The van der Waals surface area contributed by atoms with Gasteiger partial charge in [0.25, 0.3) is 0 Å². The summed E-state index contributed by atoms with van der Waals surface area (Å²) in [6.45, 7) is 4.10. The maximum atomic E-state index is 12.5. The van der Waals surface area contributed by atoms with Crippen LogP contribution >= 0.6 is 0 Å². The summed E-state index contributed by atoms with van der Waals surface area (Å²) >= 11 is 0. The molecular weight excluding hydrogens is 230 g/mol. The first-order valence-electron chi connectivity index (χ1n) is 7.05. The molecule has 2 aliphatic rings. The van der Waals surface area contributed by atoms with Crippen LogP contribution in [0, 0.1) is 11.8 Å². The van der Waals surface area contributed by atoms with Gasteiger partial charge in [-0.1, -0.05) is 6.42 Å². The van der Waals surface area contributed by atoms with Gasteiger partial charge in [-0.3, -0.25) is 9.59 Å². The highest BCUT2D eigenvalue weighted by molar-refractivity contribution is 5.81. The van der Waals surface area contributed by atoms with Crippen molar-refractivity contribution >= 4 is 11.9 Å². The molecule has 0 spiro atoms. The van der Waals surface area contributed by atoms with Crippen molar-refractivity contribution in [3.05, 3.63) is 0 Å². The first kappa shape index (κ1) is 13.4. The number of amides is 1. The average Bonchev–Trinajstić information content (AvgIpc) is 3.13. The molecule has 2 saturated carbocycles. The largest absolute Gasteiger partial charge is 0.481 e. The van der Waals surface area contributed by atoms with Crippen LogP contribution in [0.1, 0.15) is 52.4 Å². The molecule has 4 nitrogen and oxygen atoms in total. The fraction of sp³-hybridized carbons (Fsp3) is 0.857. The molecule has 2 unspecified atom stereocenters. The zero-order valence-electron chi connectivity index (χ0n) is 11.3. The molecule has 0 saturated heterocycles. The lowest BCUT2D eigenvalue weighted by Crippen LogP contribution is -2.44. The van der Waals surface area contributed by atoms with E-state index in [1.807, 2.05) is 18.7 Å². The maximum absolute atomic E-state index is 12.5. The van der Waals surface area contributed by atoms with Crippen LogP contribution in [-0.2, 0) is 9.59 Å². The molecule has 0 aromatic heterocycles. The number of carbonyl (C=O) groups excluding carboxylic acids is 1. The molecule has 2 aliphatic carbocycles. The van der Waals surface area contributed by atoms with E-state index in [2.05, 4.69) is 0 Å². The Morgan fingerprint density at radius 3 is 2.22 bits per heavy atom. The quantitative estimate of drug-likeness (QED) is 0.836. The van der Waals surface area contributed by atoms with Crippen molar-refractivity contribution in [2.75, 3.05) is 0 Å². The van der Waals surface area contributed by atoms with Crippen molar-refractivity contribution in [3.63, 3.8) is 0 Å². The number of carbonyl (C=O) groups is 2. The average molecular weight is 253 g/mol. The standard InChI is InChI=1S/C14H23NO3/c1-9(2)15(12-6-7-12)13(16)10-4-3-5-11(8-10)14(17)18/h9-12H,3-8H2,1-2H3,(H,17,18). The van der Waals surface area contributed by atoms with E-state index in [1.165, 1.54) is 0 Å². The molecule has 0 radical (unpaired) electrons. The number of nitrogens with zero attached hydrogens (tertiary/aromatic N) is 1. The maximum Gasteiger partial charge on any atom is 0.306 e. The lowest BCUT2D eigenvalue weighted by atomic mass is 9.80. The molecule has 0 aliphatic heterocycles. The predicted octanol–water partition coefficient (Wildman–Crippen LogP) is 2.28. The summed E-state index contributed by atoms with van der Waals surface area (Å²) in [5.74, 6) is -0.933. The normalized spacial score (nSPS) is 28.2. The van der Waals surface area contributed by atoms with E-state index in [-0.39, 0.29) is 23.8 Å². The monoisotopic (exact) mass is 253 g/mol. The zero-order valence-corrected chi connectivity index (χ0v) is 11.3. The molecule has 1 N–H and O–H groups in total. The van der Waals surface area contributed by atoms with E-state index in [4.69, 9.17) is 5.11 Å². The van der Waals surface area contributed by atoms with E-state index < -0.39 is 5.97 Å². The number of hydrogen-bond acceptors (Lipinski definition) is 2. The minimum atomic E-state index is -0.741. The number of carboxylic acids is 1. The van der Waals surface area contributed by atoms with Crippen molar-refractivity contribution in [1.29, 1.82) is 0 Å². The van der Waals surface area contributed by atoms with Gasteiger partial charge in [0.2, 0.25) is 5.91 Å². The number of aliphatic carboxylic acids is 1. The Hall–Kier alpha value is -1.06. The van der Waals surface area contributed by atoms with Gasteiger partial charge in [0.1, 0.15) is 0 Å². The second kappa shape index (κ2) is 5.29. The molecule has 2 atom stereocenters. The van der Waals surface area contributed by atoms with Gasteiger partial charge in [0.05, 0.1) is 5.92 Å². The van der Waals surface area contributed by atoms with Gasteiger partial charge < -0.3 is 10.0 Å². The molecule has 2 fully saturated rings. The van der Waals surface area contributed by atoms with E-state index in [9.17, 15) is 9.59 Å². The zero-order chi connectivity index (χ0) is 13.3. The van der Waals surface area contributed by atoms with Gasteiger partial charge in [-0.2, -0.15) is 0 Å². The molecule has 0 aromatic carbocycles. The first-order chi connectivity index (χ1) is 8.50. The van der Waals surface area contributed by atoms with Gasteiger partial charge >= 0.3 is 5.97 Å². The summed E-state index contributed by atoms with van der Waals surface area (Å²) in [6, 6.07) is 0.651. The smallest absolute Gasteiger partial charge is 0.306 e. The summed E-state index contributed by atoms with van der Waals surface area (Å²) in [5, 5.41) is 9.08. The van der Waals surface area contributed by atoms with Gasteiger partial charge in [0.15, 0.2) is 0 Å². The molecule has 1 amide bonds. The Balaban J connectivity index is 2.00. The van der Waals surface area contributed by atoms with Gasteiger partial charge in [-0.25, -0.2) is 0 Å². The summed E-state index contributed by atoms with van der Waals surface area (Å²) in [6.07, 6.45) is 5.20. The Morgan fingerprint density at radius 1 is 1.11 bits per heavy atom. The highest BCUT2D eigenvalue weighted by Crippen LogP contribution is 2.35. The van der Waals surface area contributed by atoms with Crippen LogP contribution in [-0.4, -0.2) is 34.0 Å². The van der Waals surface area contributed by atoms with Crippen molar-refractivity contribution < 1.29 is 14.7 Å². The van der Waals surface area contributed by atoms with Gasteiger partial charge in [0, 0.05) is 18.0 Å². The lowest BCUT2D eigenvalue weighted by Gasteiger charge is -2.33. The molecule has 2 rings (SSSR count). The SMILES string of the molecule is CC(C)N(C(=O)C1CCCC(C(=O)O)C1)C1CC1. The Labute approximate surface area is 108 Å². The lowest BCUT2D eigenvalue weighted by molar-refractivity contribution is -0.146. The second-order valence-corrected chi connectivity index (χ2v) is 5.97. The molecule has 0 aromatic rings. The predicted molar refractivity (Wildman–Crippen MR) is 68.1 cm³/mol. The third-order valence-corrected chi connectivity index (χ3v) is 4.12. The van der Waals surface area contributed by atoms with Gasteiger partial charge in [-0.05, 0) is 46.0 Å². The molecular formula is C14H23NO3. The third-order valence-electron chi connectivity index (χ3n) is 4.12. The van der Waals surface area contributed by atoms with Crippen LogP contribution < -0.4 is 0 Å². The van der Waals surface area contributed by atoms with Crippen molar-refractivity contribution in [3.8, 4) is 0 Å². The number of rotatable bonds is 4. The van der Waals surface area contributed by atoms with Crippen molar-refractivity contribution in [1.82, 2.24) is 4.90 Å². The summed E-state index contributed by atoms with van der Waals surface area (Å²) in [5.41, 5.74) is 0. The third kappa shape index (κ3) is 2.85. The molecule has 102 valence electrons. The van der Waals surface area contributed by atoms with Crippen LogP contribution in [0.2, 0.25) is 0 Å². The van der Waals surface area contributed by atoms with Crippen LogP contribution in [0.3, 0.4) is 0 Å².